The summed E-state index contributed by atoms with van der Waals surface area (Å²) in [6, 6.07) is 9.23. The van der Waals surface area contributed by atoms with Crippen LogP contribution in [-0.2, 0) is 4.79 Å². The van der Waals surface area contributed by atoms with E-state index in [9.17, 15) is 4.79 Å². The second kappa shape index (κ2) is 9.67. The number of carbonyl (C=O) groups is 1. The zero-order valence-corrected chi connectivity index (χ0v) is 5.95. The van der Waals surface area contributed by atoms with Crippen LogP contribution in [0.1, 0.15) is 0 Å². The maximum atomic E-state index is 10.1. The second-order valence-electron chi connectivity index (χ2n) is 2.11. The summed E-state index contributed by atoms with van der Waals surface area (Å²) in [5, 5.41) is 11.1. The summed E-state index contributed by atoms with van der Waals surface area (Å²) < 4.78 is 0. The molecule has 0 fully saturated rings. The number of hydrogen-bond acceptors (Lipinski definition) is 2. The van der Waals surface area contributed by atoms with E-state index in [-0.39, 0.29) is 87.5 Å². The first-order valence-electron chi connectivity index (χ1n) is 3.30. The molecule has 1 rings (SSSR count). The molecule has 0 bridgehead atoms. The van der Waals surface area contributed by atoms with Gasteiger partial charge in [0, 0.05) is 5.69 Å². The van der Waals surface area contributed by atoms with Crippen molar-refractivity contribution in [2.24, 2.45) is 0 Å². The zero-order chi connectivity index (χ0) is 8.10. The van der Waals surface area contributed by atoms with Crippen LogP contribution in [0.5, 0.6) is 0 Å². The molecule has 13 heavy (non-hydrogen) atoms. The average Bonchev–Trinajstić information content (AvgIpc) is 2.03. The molecule has 0 aliphatic rings. The third kappa shape index (κ3) is 8.14. The van der Waals surface area contributed by atoms with Crippen molar-refractivity contribution in [2.75, 3.05) is 11.9 Å². The number of carboxylic acid groups (broad SMARTS) is 1. The SMILES string of the molecule is O=C(O)CNc1ccccc1.[KH].[NaH]. The van der Waals surface area contributed by atoms with Crippen molar-refractivity contribution in [1.29, 1.82) is 0 Å². The third-order valence-corrected chi connectivity index (χ3v) is 1.22. The number of hydrogen-bond donors (Lipinski definition) is 2. The van der Waals surface area contributed by atoms with Gasteiger partial charge in [-0.15, -0.1) is 0 Å². The Morgan fingerprint density at radius 2 is 1.85 bits per heavy atom. The molecule has 1 aromatic rings. The van der Waals surface area contributed by atoms with E-state index in [1.165, 1.54) is 0 Å². The van der Waals surface area contributed by atoms with Gasteiger partial charge >= 0.3 is 86.9 Å². The fourth-order valence-corrected chi connectivity index (χ4v) is 0.734. The predicted molar refractivity (Wildman–Crippen MR) is 56.9 cm³/mol. The van der Waals surface area contributed by atoms with E-state index in [0.29, 0.717) is 0 Å². The van der Waals surface area contributed by atoms with Gasteiger partial charge in [-0.1, -0.05) is 18.2 Å². The molecule has 3 nitrogen and oxygen atoms in total. The van der Waals surface area contributed by atoms with Gasteiger partial charge < -0.3 is 10.4 Å². The van der Waals surface area contributed by atoms with Crippen LogP contribution in [-0.4, -0.2) is 98.6 Å². The van der Waals surface area contributed by atoms with E-state index in [0.717, 1.165) is 5.69 Å². The Hall–Kier alpha value is 1.13. The molecular formula is C8H11KNNaO2. The Kier molecular flexibility index (Phi) is 12.3. The van der Waals surface area contributed by atoms with Gasteiger partial charge in [-0.2, -0.15) is 0 Å². The van der Waals surface area contributed by atoms with Gasteiger partial charge in [0.15, 0.2) is 0 Å². The molecule has 0 aliphatic heterocycles. The molecule has 62 valence electrons. The molecule has 5 heteroatoms. The molecule has 0 amide bonds. The topological polar surface area (TPSA) is 49.3 Å². The fourth-order valence-electron chi connectivity index (χ4n) is 0.734. The Morgan fingerprint density at radius 1 is 1.31 bits per heavy atom. The van der Waals surface area contributed by atoms with Crippen molar-refractivity contribution in [2.45, 2.75) is 0 Å². The summed E-state index contributed by atoms with van der Waals surface area (Å²) >= 11 is 0. The molecule has 0 radical (unpaired) electrons. The number of aliphatic carboxylic acids is 1. The van der Waals surface area contributed by atoms with Crippen molar-refractivity contribution in [1.82, 2.24) is 0 Å². The van der Waals surface area contributed by atoms with Gasteiger partial charge in [0.25, 0.3) is 0 Å². The first-order chi connectivity index (χ1) is 5.29. The average molecular weight is 215 g/mol. The summed E-state index contributed by atoms with van der Waals surface area (Å²) in [6.45, 7) is -0.0377. The van der Waals surface area contributed by atoms with Crippen LogP contribution >= 0.6 is 0 Å². The van der Waals surface area contributed by atoms with Crippen LogP contribution in [0, 0.1) is 0 Å². The minimum atomic E-state index is -0.853. The quantitative estimate of drug-likeness (QED) is 0.691. The van der Waals surface area contributed by atoms with Gasteiger partial charge in [-0.05, 0) is 12.1 Å². The van der Waals surface area contributed by atoms with Crippen molar-refractivity contribution in [3.63, 3.8) is 0 Å². The third-order valence-electron chi connectivity index (χ3n) is 1.22. The Morgan fingerprint density at radius 3 is 2.31 bits per heavy atom. The summed E-state index contributed by atoms with van der Waals surface area (Å²) in [5.41, 5.74) is 0.829. The molecule has 0 heterocycles. The second-order valence-corrected chi connectivity index (χ2v) is 2.11. The first-order valence-corrected chi connectivity index (χ1v) is 3.30. The van der Waals surface area contributed by atoms with Crippen molar-refractivity contribution < 1.29 is 9.90 Å². The molecule has 0 atom stereocenters. The predicted octanol–water partition coefficient (Wildman–Crippen LogP) is -0.114. The van der Waals surface area contributed by atoms with Crippen LogP contribution in [0.3, 0.4) is 0 Å². The van der Waals surface area contributed by atoms with E-state index >= 15 is 0 Å². The normalized spacial score (nSPS) is 7.69. The van der Waals surface area contributed by atoms with Gasteiger partial charge in [0.05, 0.1) is 0 Å². The molecule has 2 N–H and O–H groups in total. The number of nitrogens with one attached hydrogen (secondary N) is 1. The molecule has 1 aromatic carbocycles. The summed E-state index contributed by atoms with van der Waals surface area (Å²) in [4.78, 5) is 10.1. The van der Waals surface area contributed by atoms with Gasteiger partial charge in [-0.25, -0.2) is 0 Å². The van der Waals surface area contributed by atoms with Crippen LogP contribution in [0.4, 0.5) is 5.69 Å². The maximum absolute atomic E-state index is 10.1. The minimum absolute atomic E-state index is 0. The molecule has 0 unspecified atom stereocenters. The summed E-state index contributed by atoms with van der Waals surface area (Å²) in [7, 11) is 0. The molecule has 0 saturated carbocycles. The van der Waals surface area contributed by atoms with Crippen LogP contribution < -0.4 is 5.32 Å². The zero-order valence-electron chi connectivity index (χ0n) is 5.95. The molecule has 0 aromatic heterocycles. The van der Waals surface area contributed by atoms with E-state index < -0.39 is 5.97 Å². The monoisotopic (exact) mass is 215 g/mol. The van der Waals surface area contributed by atoms with Crippen molar-refractivity contribution in [3.8, 4) is 0 Å². The number of anilines is 1. The van der Waals surface area contributed by atoms with E-state index in [4.69, 9.17) is 5.11 Å². The molecule has 0 spiro atoms. The van der Waals surface area contributed by atoms with Gasteiger partial charge in [-0.3, -0.25) is 4.79 Å². The Bertz CT molecular complexity index is 243. The van der Waals surface area contributed by atoms with E-state index in [1.807, 2.05) is 30.3 Å². The molecular weight excluding hydrogens is 204 g/mol. The Labute approximate surface area is 142 Å². The van der Waals surface area contributed by atoms with Crippen LogP contribution in [0.15, 0.2) is 30.3 Å². The first kappa shape index (κ1) is 16.6. The van der Waals surface area contributed by atoms with Crippen LogP contribution in [0.2, 0.25) is 0 Å². The van der Waals surface area contributed by atoms with Crippen LogP contribution in [0.25, 0.3) is 0 Å². The molecule has 0 saturated heterocycles. The number of rotatable bonds is 3. The Balaban J connectivity index is 0. The standard InChI is InChI=1S/C8H9NO2.K.Na.2H/c10-8(11)6-9-7-4-2-1-3-5-7;;;;/h1-5,9H,6H2,(H,10,11);;;;. The summed E-state index contributed by atoms with van der Waals surface area (Å²) in [6.07, 6.45) is 0. The van der Waals surface area contributed by atoms with Gasteiger partial charge in [0.2, 0.25) is 0 Å². The van der Waals surface area contributed by atoms with Crippen molar-refractivity contribution >= 4 is 92.6 Å². The summed E-state index contributed by atoms with van der Waals surface area (Å²) in [5.74, 6) is -0.853. The number of para-hydroxylation sites is 1. The van der Waals surface area contributed by atoms with Gasteiger partial charge in [0.1, 0.15) is 6.54 Å². The number of carboxylic acids is 1. The van der Waals surface area contributed by atoms with Crippen molar-refractivity contribution in [3.05, 3.63) is 30.3 Å². The number of benzene rings is 1. The van der Waals surface area contributed by atoms with E-state index in [2.05, 4.69) is 5.32 Å². The molecule has 0 aliphatic carbocycles. The van der Waals surface area contributed by atoms with E-state index in [1.54, 1.807) is 0 Å². The fraction of sp³-hybridized carbons (Fsp3) is 0.125.